The number of carbonyl (C=O) groups is 1. The third kappa shape index (κ3) is 3.61. The first-order valence-electron chi connectivity index (χ1n) is 7.91. The Kier molecular flexibility index (Phi) is 5.06. The lowest BCUT2D eigenvalue weighted by atomic mass is 9.89. The van der Waals surface area contributed by atoms with E-state index in [9.17, 15) is 9.59 Å². The highest BCUT2D eigenvalue weighted by molar-refractivity contribution is 7.99. The number of aromatic amines is 1. The number of thioether (sulfide) groups is 1. The molecule has 0 saturated heterocycles. The Morgan fingerprint density at radius 2 is 2.35 bits per heavy atom. The summed E-state index contributed by atoms with van der Waals surface area (Å²) in [4.78, 5) is 33.4. The summed E-state index contributed by atoms with van der Waals surface area (Å²) in [7, 11) is 0. The zero-order valence-corrected chi connectivity index (χ0v) is 14.9. The van der Waals surface area contributed by atoms with Crippen LogP contribution in [0.5, 0.6) is 0 Å². The maximum atomic E-state index is 12.4. The number of esters is 1. The minimum atomic E-state index is -0.279. The maximum Gasteiger partial charge on any atom is 0.316 e. The maximum absolute atomic E-state index is 12.4. The summed E-state index contributed by atoms with van der Waals surface area (Å²) in [6.07, 6.45) is 3.91. The molecular formula is C16H20N2O3S2. The van der Waals surface area contributed by atoms with Crippen molar-refractivity contribution in [3.63, 3.8) is 0 Å². The van der Waals surface area contributed by atoms with Gasteiger partial charge in [-0.1, -0.05) is 25.6 Å². The summed E-state index contributed by atoms with van der Waals surface area (Å²) < 4.78 is 5.03. The first kappa shape index (κ1) is 16.5. The Labute approximate surface area is 142 Å². The smallest absolute Gasteiger partial charge is 0.316 e. The third-order valence-electron chi connectivity index (χ3n) is 3.94. The quantitative estimate of drug-likeness (QED) is 0.508. The summed E-state index contributed by atoms with van der Waals surface area (Å²) in [6.45, 7) is 4.62. The molecule has 0 spiro atoms. The van der Waals surface area contributed by atoms with E-state index in [1.165, 1.54) is 22.2 Å². The fourth-order valence-electron chi connectivity index (χ4n) is 2.78. The molecule has 0 saturated carbocycles. The van der Waals surface area contributed by atoms with Crippen LogP contribution in [0.1, 0.15) is 37.1 Å². The van der Waals surface area contributed by atoms with E-state index < -0.39 is 0 Å². The van der Waals surface area contributed by atoms with Gasteiger partial charge < -0.3 is 9.72 Å². The Morgan fingerprint density at radius 1 is 1.52 bits per heavy atom. The van der Waals surface area contributed by atoms with Crippen LogP contribution in [-0.2, 0) is 22.4 Å². The van der Waals surface area contributed by atoms with Gasteiger partial charge >= 0.3 is 5.97 Å². The Morgan fingerprint density at radius 3 is 3.13 bits per heavy atom. The summed E-state index contributed by atoms with van der Waals surface area (Å²) in [5, 5.41) is 1.23. The van der Waals surface area contributed by atoms with Gasteiger partial charge in [-0.25, -0.2) is 4.98 Å². The van der Waals surface area contributed by atoms with Crippen molar-refractivity contribution in [2.45, 2.75) is 44.7 Å². The van der Waals surface area contributed by atoms with Gasteiger partial charge in [-0.2, -0.15) is 0 Å². The van der Waals surface area contributed by atoms with Crippen LogP contribution in [0.2, 0.25) is 0 Å². The van der Waals surface area contributed by atoms with Crippen LogP contribution >= 0.6 is 23.1 Å². The van der Waals surface area contributed by atoms with Crippen LogP contribution in [-0.4, -0.2) is 28.3 Å². The van der Waals surface area contributed by atoms with E-state index in [1.54, 1.807) is 11.3 Å². The molecule has 1 N–H and O–H groups in total. The Balaban J connectivity index is 1.81. The highest BCUT2D eigenvalue weighted by atomic mass is 32.2. The number of aromatic nitrogens is 2. The standard InChI is InChI=1S/C16H20N2O3S2/c1-3-6-21-12(19)8-22-16-17-14(20)13-10-5-4-9(2)7-11(10)23-15(13)18-16/h9H,3-8H2,1-2H3,(H,17,18,20). The lowest BCUT2D eigenvalue weighted by molar-refractivity contribution is -0.140. The van der Waals surface area contributed by atoms with Crippen molar-refractivity contribution in [1.29, 1.82) is 0 Å². The predicted octanol–water partition coefficient (Wildman–Crippen LogP) is 3.15. The number of carbonyl (C=O) groups excluding carboxylic acids is 1. The van der Waals surface area contributed by atoms with E-state index in [1.807, 2.05) is 6.92 Å². The van der Waals surface area contributed by atoms with Gasteiger partial charge in [-0.3, -0.25) is 9.59 Å². The molecule has 2 heterocycles. The zero-order chi connectivity index (χ0) is 16.4. The summed E-state index contributed by atoms with van der Waals surface area (Å²) in [5.74, 6) is 0.548. The van der Waals surface area contributed by atoms with Crippen molar-refractivity contribution in [1.82, 2.24) is 9.97 Å². The summed E-state index contributed by atoms with van der Waals surface area (Å²) >= 11 is 2.84. The van der Waals surface area contributed by atoms with Crippen LogP contribution < -0.4 is 5.56 Å². The molecule has 3 rings (SSSR count). The average Bonchev–Trinajstić information content (AvgIpc) is 2.88. The Hall–Kier alpha value is -1.34. The van der Waals surface area contributed by atoms with E-state index in [-0.39, 0.29) is 17.3 Å². The molecule has 2 aromatic rings. The number of hydrogen-bond donors (Lipinski definition) is 1. The molecule has 23 heavy (non-hydrogen) atoms. The fraction of sp³-hybridized carbons (Fsp3) is 0.562. The lowest BCUT2D eigenvalue weighted by Gasteiger charge is -2.17. The second-order valence-electron chi connectivity index (χ2n) is 5.91. The van der Waals surface area contributed by atoms with E-state index >= 15 is 0 Å². The second kappa shape index (κ2) is 7.05. The van der Waals surface area contributed by atoms with Gasteiger partial charge in [-0.05, 0) is 37.2 Å². The number of H-pyrrole nitrogens is 1. The number of rotatable bonds is 5. The van der Waals surface area contributed by atoms with E-state index in [4.69, 9.17) is 4.74 Å². The van der Waals surface area contributed by atoms with Gasteiger partial charge in [0.1, 0.15) is 4.83 Å². The molecule has 1 aliphatic carbocycles. The van der Waals surface area contributed by atoms with Crippen LogP contribution in [0.4, 0.5) is 0 Å². The molecule has 7 heteroatoms. The van der Waals surface area contributed by atoms with Gasteiger partial charge in [0.05, 0.1) is 17.7 Å². The molecule has 0 aliphatic heterocycles. The summed E-state index contributed by atoms with van der Waals surface area (Å²) in [6, 6.07) is 0. The molecular weight excluding hydrogens is 332 g/mol. The van der Waals surface area contributed by atoms with Gasteiger partial charge in [-0.15, -0.1) is 11.3 Å². The molecule has 1 unspecified atom stereocenters. The first-order valence-corrected chi connectivity index (χ1v) is 9.71. The normalized spacial score (nSPS) is 17.2. The Bertz CT molecular complexity index is 781. The first-order chi connectivity index (χ1) is 11.1. The molecule has 5 nitrogen and oxygen atoms in total. The number of aryl methyl sites for hydroxylation is 1. The van der Waals surface area contributed by atoms with E-state index in [0.717, 1.165) is 35.9 Å². The number of nitrogens with zero attached hydrogens (tertiary/aromatic N) is 1. The largest absolute Gasteiger partial charge is 0.465 e. The van der Waals surface area contributed by atoms with Crippen LogP contribution in [0.15, 0.2) is 9.95 Å². The van der Waals surface area contributed by atoms with Crippen LogP contribution in [0, 0.1) is 5.92 Å². The molecule has 0 bridgehead atoms. The lowest BCUT2D eigenvalue weighted by Crippen LogP contribution is -2.14. The SMILES string of the molecule is CCCOC(=O)CSc1nc2sc3c(c2c(=O)[nH]1)CCC(C)C3. The highest BCUT2D eigenvalue weighted by Gasteiger charge is 2.23. The number of thiophene rings is 1. The fourth-order valence-corrected chi connectivity index (χ4v) is 4.88. The van der Waals surface area contributed by atoms with Gasteiger partial charge in [0, 0.05) is 4.88 Å². The van der Waals surface area contributed by atoms with Crippen LogP contribution in [0.25, 0.3) is 10.2 Å². The number of ether oxygens (including phenoxy) is 1. The van der Waals surface area contributed by atoms with Gasteiger partial charge in [0.25, 0.3) is 5.56 Å². The highest BCUT2D eigenvalue weighted by Crippen LogP contribution is 2.36. The topological polar surface area (TPSA) is 72.0 Å². The molecule has 0 aromatic carbocycles. The molecule has 2 aromatic heterocycles. The van der Waals surface area contributed by atoms with Crippen molar-refractivity contribution >= 4 is 39.3 Å². The van der Waals surface area contributed by atoms with E-state index in [0.29, 0.717) is 17.7 Å². The monoisotopic (exact) mass is 352 g/mol. The summed E-state index contributed by atoms with van der Waals surface area (Å²) in [5.41, 5.74) is 1.09. The minimum Gasteiger partial charge on any atom is -0.465 e. The van der Waals surface area contributed by atoms with Crippen molar-refractivity contribution in [3.8, 4) is 0 Å². The molecule has 124 valence electrons. The van der Waals surface area contributed by atoms with Crippen LogP contribution in [0.3, 0.4) is 0 Å². The van der Waals surface area contributed by atoms with Crippen molar-refractivity contribution < 1.29 is 9.53 Å². The number of fused-ring (bicyclic) bond motifs is 3. The van der Waals surface area contributed by atoms with E-state index in [2.05, 4.69) is 16.9 Å². The van der Waals surface area contributed by atoms with Crippen molar-refractivity contribution in [2.24, 2.45) is 5.92 Å². The van der Waals surface area contributed by atoms with Gasteiger partial charge in [0.2, 0.25) is 0 Å². The van der Waals surface area contributed by atoms with Crippen molar-refractivity contribution in [2.75, 3.05) is 12.4 Å². The molecule has 0 fully saturated rings. The number of hydrogen-bond acceptors (Lipinski definition) is 6. The third-order valence-corrected chi connectivity index (χ3v) is 5.93. The average molecular weight is 352 g/mol. The molecule has 1 atom stereocenters. The second-order valence-corrected chi connectivity index (χ2v) is 7.96. The number of nitrogens with one attached hydrogen (secondary N) is 1. The van der Waals surface area contributed by atoms with Gasteiger partial charge in [0.15, 0.2) is 5.16 Å². The predicted molar refractivity (Wildman–Crippen MR) is 93.4 cm³/mol. The zero-order valence-electron chi connectivity index (χ0n) is 13.3. The minimum absolute atomic E-state index is 0.0912. The van der Waals surface area contributed by atoms with Crippen molar-refractivity contribution in [3.05, 3.63) is 20.8 Å². The molecule has 0 radical (unpaired) electrons. The molecule has 0 amide bonds. The molecule has 1 aliphatic rings.